The Morgan fingerprint density at radius 1 is 1.60 bits per heavy atom. The average Bonchev–Trinajstić information content (AvgIpc) is 1.37. The van der Waals surface area contributed by atoms with Crippen molar-refractivity contribution >= 4 is 0 Å². The Hall–Kier alpha value is 0.104. The topological polar surface area (TPSA) is 0 Å². The summed E-state index contributed by atoms with van der Waals surface area (Å²) < 4.78 is 0. The maximum Gasteiger partial charge on any atom is 0 e. The van der Waals surface area contributed by atoms with Crippen LogP contribution < -0.4 is 0 Å². The number of hydrogen-bond acceptors (Lipinski definition) is 0. The van der Waals surface area contributed by atoms with Gasteiger partial charge in [0.2, 0.25) is 0 Å². The molecule has 0 aromatic rings. The van der Waals surface area contributed by atoms with E-state index in [0.717, 1.165) is 0 Å². The molecular formula is C4H7Ni-. The van der Waals surface area contributed by atoms with E-state index < -0.39 is 0 Å². The van der Waals surface area contributed by atoms with Gasteiger partial charge in [-0.15, -0.1) is 6.92 Å². The standard InChI is InChI=1S/C4H7.Ni/c1-3-4-2;/h3-4H,1H2,2H3;/q-1;. The van der Waals surface area contributed by atoms with Crippen LogP contribution >= 0.6 is 0 Å². The van der Waals surface area contributed by atoms with E-state index in [2.05, 4.69) is 6.92 Å². The molecule has 0 aliphatic rings. The third-order valence-electron chi connectivity index (χ3n) is 0.236. The second kappa shape index (κ2) is 8.93. The number of allylic oxidation sites excluding steroid dienone is 2. The molecule has 0 amide bonds. The van der Waals surface area contributed by atoms with Crippen LogP contribution in [0.4, 0.5) is 0 Å². The SMILES string of the molecule is [CH2-]C=CC.[Ni]. The first-order valence-electron chi connectivity index (χ1n) is 1.32. The third kappa shape index (κ3) is 14.9. The maximum atomic E-state index is 3.42. The van der Waals surface area contributed by atoms with Crippen LogP contribution in [0.15, 0.2) is 12.2 Å². The zero-order chi connectivity index (χ0) is 3.41. The first kappa shape index (κ1) is 8.92. The summed E-state index contributed by atoms with van der Waals surface area (Å²) in [5, 5.41) is 0. The van der Waals surface area contributed by atoms with Crippen LogP contribution in [-0.4, -0.2) is 0 Å². The molecule has 0 aromatic heterocycles. The van der Waals surface area contributed by atoms with Crippen molar-refractivity contribution in [3.63, 3.8) is 0 Å². The van der Waals surface area contributed by atoms with Gasteiger partial charge in [0.15, 0.2) is 0 Å². The number of hydrogen-bond donors (Lipinski definition) is 0. The van der Waals surface area contributed by atoms with Crippen LogP contribution in [0.3, 0.4) is 0 Å². The van der Waals surface area contributed by atoms with Crippen LogP contribution in [0.1, 0.15) is 6.92 Å². The molecule has 0 aliphatic carbocycles. The van der Waals surface area contributed by atoms with Gasteiger partial charge in [0, 0.05) is 16.5 Å². The molecule has 34 valence electrons. The monoisotopic (exact) mass is 113 g/mol. The largest absolute Gasteiger partial charge is 0.245 e. The predicted molar refractivity (Wildman–Crippen MR) is 20.2 cm³/mol. The Morgan fingerprint density at radius 2 is 1.80 bits per heavy atom. The molecule has 0 aromatic carbocycles. The van der Waals surface area contributed by atoms with Crippen molar-refractivity contribution in [2.24, 2.45) is 0 Å². The molecular weight excluding hydrogens is 107 g/mol. The molecule has 0 fully saturated rings. The summed E-state index contributed by atoms with van der Waals surface area (Å²) in [5.74, 6) is 0. The molecule has 1 heteroatoms. The summed E-state index contributed by atoms with van der Waals surface area (Å²) in [7, 11) is 0. The Bertz CT molecular complexity index is 18.8. The first-order chi connectivity index (χ1) is 1.91. The van der Waals surface area contributed by atoms with Crippen LogP contribution in [0.2, 0.25) is 0 Å². The maximum absolute atomic E-state index is 3.42. The van der Waals surface area contributed by atoms with Crippen LogP contribution in [-0.2, 0) is 16.5 Å². The summed E-state index contributed by atoms with van der Waals surface area (Å²) in [6.07, 6.45) is 3.64. The Morgan fingerprint density at radius 3 is 1.80 bits per heavy atom. The van der Waals surface area contributed by atoms with Gasteiger partial charge in [-0.2, -0.15) is 0 Å². The van der Waals surface area contributed by atoms with Gasteiger partial charge in [-0.25, -0.2) is 19.1 Å². The Balaban J connectivity index is 0. The average molecular weight is 114 g/mol. The quantitative estimate of drug-likeness (QED) is 0.329. The molecule has 0 saturated heterocycles. The fraction of sp³-hybridized carbons (Fsp3) is 0.250. The Labute approximate surface area is 43.2 Å². The van der Waals surface area contributed by atoms with E-state index >= 15 is 0 Å². The van der Waals surface area contributed by atoms with Gasteiger partial charge in [0.25, 0.3) is 0 Å². The fourth-order valence-corrected chi connectivity index (χ4v) is 0. The smallest absolute Gasteiger partial charge is 0 e. The summed E-state index contributed by atoms with van der Waals surface area (Å²) in [4.78, 5) is 0. The second-order valence-electron chi connectivity index (χ2n) is 0.569. The molecule has 0 spiro atoms. The van der Waals surface area contributed by atoms with Gasteiger partial charge < -0.3 is 0 Å². The zero-order valence-corrected chi connectivity index (χ0v) is 4.17. The van der Waals surface area contributed by atoms with E-state index in [1.807, 2.05) is 13.0 Å². The molecule has 0 bridgehead atoms. The van der Waals surface area contributed by atoms with Gasteiger partial charge >= 0.3 is 0 Å². The van der Waals surface area contributed by atoms with Gasteiger partial charge in [0.05, 0.1) is 0 Å². The van der Waals surface area contributed by atoms with Gasteiger partial charge in [-0.05, 0) is 0 Å². The summed E-state index contributed by atoms with van der Waals surface area (Å²) in [6, 6.07) is 0. The van der Waals surface area contributed by atoms with Crippen LogP contribution in [0, 0.1) is 6.92 Å². The third-order valence-corrected chi connectivity index (χ3v) is 0.236. The summed E-state index contributed by atoms with van der Waals surface area (Å²) in [5.41, 5.74) is 0. The fourth-order valence-electron chi connectivity index (χ4n) is 0. The van der Waals surface area contributed by atoms with Crippen molar-refractivity contribution < 1.29 is 16.5 Å². The minimum Gasteiger partial charge on any atom is -0.245 e. The van der Waals surface area contributed by atoms with Gasteiger partial charge in [0.1, 0.15) is 0 Å². The molecule has 0 aliphatic heterocycles. The van der Waals surface area contributed by atoms with Crippen molar-refractivity contribution in [1.29, 1.82) is 0 Å². The van der Waals surface area contributed by atoms with E-state index in [0.29, 0.717) is 0 Å². The normalized spacial score (nSPS) is 7.40. The van der Waals surface area contributed by atoms with Crippen molar-refractivity contribution in [2.45, 2.75) is 6.92 Å². The van der Waals surface area contributed by atoms with Crippen LogP contribution in [0.5, 0.6) is 0 Å². The summed E-state index contributed by atoms with van der Waals surface area (Å²) >= 11 is 0. The molecule has 0 radical (unpaired) electrons. The van der Waals surface area contributed by atoms with Gasteiger partial charge in [-0.1, -0.05) is 0 Å². The molecule has 0 atom stereocenters. The molecule has 0 nitrogen and oxygen atoms in total. The molecule has 0 N–H and O–H groups in total. The van der Waals surface area contributed by atoms with E-state index in [-0.39, 0.29) is 16.5 Å². The van der Waals surface area contributed by atoms with Crippen molar-refractivity contribution in [3.8, 4) is 0 Å². The zero-order valence-electron chi connectivity index (χ0n) is 3.18. The first-order valence-corrected chi connectivity index (χ1v) is 1.32. The Kier molecular flexibility index (Phi) is 15.9. The van der Waals surface area contributed by atoms with E-state index in [4.69, 9.17) is 0 Å². The molecule has 0 unspecified atom stereocenters. The summed E-state index contributed by atoms with van der Waals surface area (Å²) in [6.45, 7) is 5.36. The van der Waals surface area contributed by atoms with Crippen LogP contribution in [0.25, 0.3) is 0 Å². The minimum absolute atomic E-state index is 0. The second-order valence-corrected chi connectivity index (χ2v) is 0.569. The molecule has 0 saturated carbocycles. The van der Waals surface area contributed by atoms with E-state index in [1.54, 1.807) is 6.08 Å². The van der Waals surface area contributed by atoms with Crippen molar-refractivity contribution in [3.05, 3.63) is 19.1 Å². The van der Waals surface area contributed by atoms with Gasteiger partial charge in [-0.3, -0.25) is 0 Å². The molecule has 0 heterocycles. The van der Waals surface area contributed by atoms with E-state index in [9.17, 15) is 0 Å². The predicted octanol–water partition coefficient (Wildman–Crippen LogP) is 1.39. The van der Waals surface area contributed by atoms with Crippen molar-refractivity contribution in [1.82, 2.24) is 0 Å². The minimum atomic E-state index is 0. The van der Waals surface area contributed by atoms with E-state index in [1.165, 1.54) is 0 Å². The number of rotatable bonds is 0. The van der Waals surface area contributed by atoms with Crippen molar-refractivity contribution in [2.75, 3.05) is 0 Å². The molecule has 0 rings (SSSR count). The molecule has 5 heavy (non-hydrogen) atoms.